The second kappa shape index (κ2) is 7.89. The first-order valence-electron chi connectivity index (χ1n) is 9.89. The number of aliphatic hydroxyl groups excluding tert-OH is 1. The lowest BCUT2D eigenvalue weighted by molar-refractivity contribution is -0.135. The van der Waals surface area contributed by atoms with Crippen LogP contribution >= 0.6 is 0 Å². The molecule has 1 aromatic carbocycles. The van der Waals surface area contributed by atoms with Gasteiger partial charge in [0.2, 0.25) is 0 Å². The minimum atomic E-state index is -0.936. The largest absolute Gasteiger partial charge is 0.491 e. The summed E-state index contributed by atoms with van der Waals surface area (Å²) in [6, 6.07) is 7.30. The zero-order valence-electron chi connectivity index (χ0n) is 16.4. The molecular formula is C21H30N2O4. The van der Waals surface area contributed by atoms with Gasteiger partial charge in [-0.25, -0.2) is 4.79 Å². The predicted octanol–water partition coefficient (Wildman–Crippen LogP) is 3.05. The highest BCUT2D eigenvalue weighted by Gasteiger charge is 2.55. The summed E-state index contributed by atoms with van der Waals surface area (Å²) < 4.78 is 5.78. The molecule has 1 spiro atoms. The summed E-state index contributed by atoms with van der Waals surface area (Å²) >= 11 is 0. The Bertz CT molecular complexity index is 705. The zero-order valence-corrected chi connectivity index (χ0v) is 16.4. The second-order valence-electron chi connectivity index (χ2n) is 8.12. The van der Waals surface area contributed by atoms with Crippen molar-refractivity contribution in [2.75, 3.05) is 13.2 Å². The number of amides is 3. The molecule has 2 aliphatic rings. The first-order chi connectivity index (χ1) is 12.8. The van der Waals surface area contributed by atoms with E-state index in [-0.39, 0.29) is 25.0 Å². The van der Waals surface area contributed by atoms with Crippen molar-refractivity contribution in [1.29, 1.82) is 0 Å². The highest BCUT2D eigenvalue weighted by Crippen LogP contribution is 2.38. The summed E-state index contributed by atoms with van der Waals surface area (Å²) in [5.41, 5.74) is 0.273. The molecule has 1 aliphatic carbocycles. The minimum Gasteiger partial charge on any atom is -0.491 e. The Morgan fingerprint density at radius 1 is 1.30 bits per heavy atom. The molecule has 3 unspecified atom stereocenters. The maximum Gasteiger partial charge on any atom is 0.325 e. The number of hydrogen-bond acceptors (Lipinski definition) is 4. The van der Waals surface area contributed by atoms with E-state index in [0.717, 1.165) is 35.5 Å². The summed E-state index contributed by atoms with van der Waals surface area (Å²) in [7, 11) is 0. The number of urea groups is 1. The molecule has 6 heteroatoms. The van der Waals surface area contributed by atoms with Crippen molar-refractivity contribution >= 4 is 11.9 Å². The van der Waals surface area contributed by atoms with Gasteiger partial charge in [-0.05, 0) is 36.3 Å². The van der Waals surface area contributed by atoms with E-state index in [1.54, 1.807) is 0 Å². The van der Waals surface area contributed by atoms with Crippen LogP contribution in [0.15, 0.2) is 24.3 Å². The molecule has 0 radical (unpaired) electrons. The quantitative estimate of drug-likeness (QED) is 0.750. The Labute approximate surface area is 160 Å². The highest BCUT2D eigenvalue weighted by molar-refractivity contribution is 6.07. The topological polar surface area (TPSA) is 78.9 Å². The van der Waals surface area contributed by atoms with Crippen molar-refractivity contribution in [1.82, 2.24) is 10.2 Å². The molecule has 0 bridgehead atoms. The summed E-state index contributed by atoms with van der Waals surface area (Å²) in [4.78, 5) is 26.5. The Balaban J connectivity index is 1.62. The van der Waals surface area contributed by atoms with Gasteiger partial charge in [-0.15, -0.1) is 0 Å². The number of nitrogens with zero attached hydrogens (tertiary/aromatic N) is 1. The fourth-order valence-electron chi connectivity index (χ4n) is 4.20. The number of para-hydroxylation sites is 1. The smallest absolute Gasteiger partial charge is 0.325 e. The normalized spacial score (nSPS) is 26.6. The first kappa shape index (κ1) is 19.7. The molecule has 27 heavy (non-hydrogen) atoms. The highest BCUT2D eigenvalue weighted by atomic mass is 16.5. The third-order valence-electron chi connectivity index (χ3n) is 5.87. The van der Waals surface area contributed by atoms with Crippen molar-refractivity contribution in [2.24, 2.45) is 5.92 Å². The predicted molar refractivity (Wildman–Crippen MR) is 103 cm³/mol. The van der Waals surface area contributed by atoms with Crippen LogP contribution < -0.4 is 10.1 Å². The van der Waals surface area contributed by atoms with E-state index in [1.165, 1.54) is 0 Å². The summed E-state index contributed by atoms with van der Waals surface area (Å²) in [6.45, 7) is 6.16. The van der Waals surface area contributed by atoms with Gasteiger partial charge in [0.15, 0.2) is 0 Å². The Hall–Kier alpha value is -2.08. The molecule has 3 amide bonds. The SMILES string of the molecule is CC(C)c1ccccc1OCC(O)CN1C(=O)NC2(CCCCC2C)C1=O. The van der Waals surface area contributed by atoms with Gasteiger partial charge in [-0.1, -0.05) is 51.8 Å². The van der Waals surface area contributed by atoms with Crippen LogP contribution in [-0.4, -0.2) is 46.7 Å². The fourth-order valence-corrected chi connectivity index (χ4v) is 4.20. The molecule has 1 heterocycles. The number of carbonyl (C=O) groups excluding carboxylic acids is 2. The van der Waals surface area contributed by atoms with E-state index in [9.17, 15) is 14.7 Å². The van der Waals surface area contributed by atoms with Crippen molar-refractivity contribution in [3.63, 3.8) is 0 Å². The average Bonchev–Trinajstić information content (AvgIpc) is 2.87. The van der Waals surface area contributed by atoms with Gasteiger partial charge in [0.25, 0.3) is 5.91 Å². The number of aliphatic hydroxyl groups is 1. The van der Waals surface area contributed by atoms with Crippen LogP contribution in [0.3, 0.4) is 0 Å². The lowest BCUT2D eigenvalue weighted by atomic mass is 9.73. The Morgan fingerprint density at radius 3 is 2.74 bits per heavy atom. The molecule has 0 aromatic heterocycles. The standard InChI is InChI=1S/C21H30N2O4/c1-14(2)17-9-4-5-10-18(17)27-13-16(24)12-23-19(25)21(22-20(23)26)11-7-6-8-15(21)3/h4-5,9-10,14-16,24H,6-8,11-13H2,1-3H3,(H,22,26). The van der Waals surface area contributed by atoms with Crippen LogP contribution in [0.5, 0.6) is 5.75 Å². The van der Waals surface area contributed by atoms with Crippen LogP contribution in [0.25, 0.3) is 0 Å². The second-order valence-corrected chi connectivity index (χ2v) is 8.12. The van der Waals surface area contributed by atoms with Crippen LogP contribution in [0.1, 0.15) is 57.9 Å². The van der Waals surface area contributed by atoms with Gasteiger partial charge in [-0.2, -0.15) is 0 Å². The van der Waals surface area contributed by atoms with E-state index in [2.05, 4.69) is 19.2 Å². The van der Waals surface area contributed by atoms with Gasteiger partial charge in [-0.3, -0.25) is 9.69 Å². The van der Waals surface area contributed by atoms with Crippen molar-refractivity contribution < 1.29 is 19.4 Å². The number of hydrogen-bond donors (Lipinski definition) is 2. The molecule has 1 saturated carbocycles. The molecule has 1 saturated heterocycles. The Morgan fingerprint density at radius 2 is 2.04 bits per heavy atom. The molecular weight excluding hydrogens is 344 g/mol. The molecule has 3 atom stereocenters. The van der Waals surface area contributed by atoms with Crippen LogP contribution in [0.4, 0.5) is 4.79 Å². The maximum atomic E-state index is 12.9. The first-order valence-corrected chi connectivity index (χ1v) is 9.89. The van der Waals surface area contributed by atoms with Gasteiger partial charge < -0.3 is 15.2 Å². The third kappa shape index (κ3) is 3.81. The number of nitrogens with one attached hydrogen (secondary N) is 1. The fraction of sp³-hybridized carbons (Fsp3) is 0.619. The summed E-state index contributed by atoms with van der Waals surface area (Å²) in [5, 5.41) is 13.3. The number of rotatable bonds is 6. The molecule has 1 aromatic rings. The van der Waals surface area contributed by atoms with Crippen molar-refractivity contribution in [3.05, 3.63) is 29.8 Å². The van der Waals surface area contributed by atoms with Gasteiger partial charge in [0.05, 0.1) is 6.54 Å². The van der Waals surface area contributed by atoms with Crippen LogP contribution in [-0.2, 0) is 4.79 Å². The monoisotopic (exact) mass is 374 g/mol. The van der Waals surface area contributed by atoms with E-state index in [1.807, 2.05) is 31.2 Å². The number of ether oxygens (including phenoxy) is 1. The van der Waals surface area contributed by atoms with Gasteiger partial charge >= 0.3 is 6.03 Å². The molecule has 148 valence electrons. The Kier molecular flexibility index (Phi) is 5.75. The minimum absolute atomic E-state index is 0.0311. The van der Waals surface area contributed by atoms with Gasteiger partial charge in [0.1, 0.15) is 24.0 Å². The number of imide groups is 1. The summed E-state index contributed by atoms with van der Waals surface area (Å²) in [6.07, 6.45) is 2.68. The van der Waals surface area contributed by atoms with E-state index >= 15 is 0 Å². The zero-order chi connectivity index (χ0) is 19.6. The molecule has 2 N–H and O–H groups in total. The van der Waals surface area contributed by atoms with Crippen molar-refractivity contribution in [2.45, 2.75) is 64.0 Å². The number of β-amino-alcohol motifs (C(OH)–C–C–N with tert-alkyl or cyclic N) is 1. The lowest BCUT2D eigenvalue weighted by Gasteiger charge is -2.36. The molecule has 3 rings (SSSR count). The van der Waals surface area contributed by atoms with Gasteiger partial charge in [0, 0.05) is 0 Å². The van der Waals surface area contributed by atoms with E-state index in [0.29, 0.717) is 12.3 Å². The van der Waals surface area contributed by atoms with E-state index < -0.39 is 17.7 Å². The number of carbonyl (C=O) groups is 2. The van der Waals surface area contributed by atoms with Crippen molar-refractivity contribution in [3.8, 4) is 5.75 Å². The number of benzene rings is 1. The molecule has 6 nitrogen and oxygen atoms in total. The lowest BCUT2D eigenvalue weighted by Crippen LogP contribution is -2.54. The van der Waals surface area contributed by atoms with Crippen LogP contribution in [0, 0.1) is 5.92 Å². The average molecular weight is 374 g/mol. The molecule has 2 fully saturated rings. The molecule has 1 aliphatic heterocycles. The summed E-state index contributed by atoms with van der Waals surface area (Å²) in [5.74, 6) is 0.929. The third-order valence-corrected chi connectivity index (χ3v) is 5.87. The van der Waals surface area contributed by atoms with Crippen LogP contribution in [0.2, 0.25) is 0 Å². The van der Waals surface area contributed by atoms with E-state index in [4.69, 9.17) is 4.74 Å². The maximum absolute atomic E-state index is 12.9.